The largest absolute Gasteiger partial charge is 0.336 e. The molecule has 0 saturated carbocycles. The first-order valence-corrected chi connectivity index (χ1v) is 7.63. The predicted molar refractivity (Wildman–Crippen MR) is 83.9 cm³/mol. The fraction of sp³-hybridized carbons (Fsp3) is 0.286. The van der Waals surface area contributed by atoms with Gasteiger partial charge in [-0.1, -0.05) is 15.9 Å². The van der Waals surface area contributed by atoms with Crippen LogP contribution in [0.5, 0.6) is 0 Å². The topological polar surface area (TPSA) is 35.6 Å². The lowest BCUT2D eigenvalue weighted by Gasteiger charge is -2.11. The highest BCUT2D eigenvalue weighted by atomic mass is 79.9. The van der Waals surface area contributed by atoms with E-state index in [4.69, 9.17) is 11.6 Å². The van der Waals surface area contributed by atoms with Crippen molar-refractivity contribution in [1.82, 2.24) is 19.1 Å². The zero-order valence-electron chi connectivity index (χ0n) is 11.0. The van der Waals surface area contributed by atoms with Gasteiger partial charge in [0.15, 0.2) is 0 Å². The average Bonchev–Trinajstić information content (AvgIpc) is 3.02. The van der Waals surface area contributed by atoms with E-state index < -0.39 is 0 Å². The number of aromatic nitrogens is 4. The summed E-state index contributed by atoms with van der Waals surface area (Å²) in [5.74, 6) is 0.903. The molecule has 4 nitrogen and oxygen atoms in total. The van der Waals surface area contributed by atoms with Crippen LogP contribution in [0.4, 0.5) is 0 Å². The molecule has 0 radical (unpaired) electrons. The molecule has 6 heteroatoms. The van der Waals surface area contributed by atoms with Crippen molar-refractivity contribution in [2.24, 2.45) is 0 Å². The monoisotopic (exact) mass is 352 g/mol. The Bertz CT molecular complexity index is 718. The van der Waals surface area contributed by atoms with Crippen LogP contribution >= 0.6 is 27.5 Å². The van der Waals surface area contributed by atoms with Gasteiger partial charge in [0.25, 0.3) is 0 Å². The number of hydrogen-bond acceptors (Lipinski definition) is 2. The van der Waals surface area contributed by atoms with Crippen LogP contribution in [0, 0.1) is 0 Å². The molecule has 0 saturated heterocycles. The fourth-order valence-corrected chi connectivity index (χ4v) is 2.81. The van der Waals surface area contributed by atoms with Crippen LogP contribution in [0.25, 0.3) is 11.0 Å². The molecule has 0 bridgehead atoms. The molecule has 0 aliphatic heterocycles. The minimum Gasteiger partial charge on any atom is -0.336 e. The van der Waals surface area contributed by atoms with Crippen LogP contribution in [0.1, 0.15) is 18.1 Å². The first kappa shape index (κ1) is 13.6. The zero-order chi connectivity index (χ0) is 14.1. The first-order valence-electron chi connectivity index (χ1n) is 6.40. The second-order valence-electron chi connectivity index (χ2n) is 4.67. The van der Waals surface area contributed by atoms with Crippen molar-refractivity contribution in [1.29, 1.82) is 0 Å². The zero-order valence-corrected chi connectivity index (χ0v) is 13.3. The Labute approximate surface area is 130 Å². The summed E-state index contributed by atoms with van der Waals surface area (Å²) in [6, 6.07) is 6.12. The molecule has 1 atom stereocenters. The van der Waals surface area contributed by atoms with E-state index in [0.29, 0.717) is 0 Å². The highest BCUT2D eigenvalue weighted by Gasteiger charge is 2.14. The minimum absolute atomic E-state index is 0.121. The van der Waals surface area contributed by atoms with Crippen molar-refractivity contribution >= 4 is 38.6 Å². The van der Waals surface area contributed by atoms with Crippen molar-refractivity contribution in [2.45, 2.75) is 25.4 Å². The van der Waals surface area contributed by atoms with Crippen LogP contribution in [0.15, 0.2) is 41.4 Å². The van der Waals surface area contributed by atoms with E-state index in [1.165, 1.54) is 0 Å². The van der Waals surface area contributed by atoms with E-state index in [1.807, 2.05) is 36.1 Å². The number of hydrogen-bond donors (Lipinski definition) is 0. The van der Waals surface area contributed by atoms with E-state index in [0.717, 1.165) is 34.4 Å². The summed E-state index contributed by atoms with van der Waals surface area (Å²) in [6.07, 6.45) is 5.56. The Morgan fingerprint density at radius 3 is 2.90 bits per heavy atom. The molecule has 0 N–H and O–H groups in total. The molecule has 2 aromatic heterocycles. The molecule has 0 fully saturated rings. The van der Waals surface area contributed by atoms with Gasteiger partial charge in [-0.2, -0.15) is 0 Å². The van der Waals surface area contributed by atoms with E-state index in [2.05, 4.69) is 36.5 Å². The number of rotatable bonds is 4. The molecular formula is C14H14BrClN4. The third-order valence-electron chi connectivity index (χ3n) is 3.24. The Morgan fingerprint density at radius 1 is 1.35 bits per heavy atom. The van der Waals surface area contributed by atoms with Crippen molar-refractivity contribution in [3.05, 3.63) is 47.2 Å². The molecular weight excluding hydrogens is 340 g/mol. The summed E-state index contributed by atoms with van der Waals surface area (Å²) in [5.41, 5.74) is 2.07. The number of nitrogens with zero attached hydrogens (tertiary/aromatic N) is 4. The summed E-state index contributed by atoms with van der Waals surface area (Å²) < 4.78 is 5.25. The third kappa shape index (κ3) is 2.60. The number of halogens is 2. The van der Waals surface area contributed by atoms with Gasteiger partial charge in [0.05, 0.1) is 22.7 Å². The number of fused-ring (bicyclic) bond motifs is 1. The molecule has 3 aromatic rings. The Kier molecular flexibility index (Phi) is 3.81. The molecule has 104 valence electrons. The summed E-state index contributed by atoms with van der Waals surface area (Å²) in [5, 5.41) is -0.121. The maximum absolute atomic E-state index is 6.27. The van der Waals surface area contributed by atoms with Crippen LogP contribution in [0.3, 0.4) is 0 Å². The summed E-state index contributed by atoms with van der Waals surface area (Å²) in [4.78, 5) is 8.71. The number of imidazole rings is 2. The summed E-state index contributed by atoms with van der Waals surface area (Å²) in [7, 11) is 0. The number of aryl methyl sites for hydroxylation is 2. The average molecular weight is 354 g/mol. The molecule has 3 rings (SSSR count). The predicted octanol–water partition coefficient (Wildman–Crippen LogP) is 4.00. The van der Waals surface area contributed by atoms with Crippen molar-refractivity contribution in [3.63, 3.8) is 0 Å². The molecule has 2 heterocycles. The minimum atomic E-state index is -0.121. The van der Waals surface area contributed by atoms with Gasteiger partial charge in [-0.3, -0.25) is 0 Å². The highest BCUT2D eigenvalue weighted by Crippen LogP contribution is 2.26. The lowest BCUT2D eigenvalue weighted by Crippen LogP contribution is -2.09. The molecule has 1 aromatic carbocycles. The maximum Gasteiger partial charge on any atom is 0.127 e. The smallest absolute Gasteiger partial charge is 0.127 e. The number of alkyl halides is 1. The standard InChI is InChI=1S/C14H14BrClN4/c1-10(16)14-18-12-8-11(15)2-3-13(12)20(14)7-6-19-5-4-17-9-19/h2-5,8-10H,6-7H2,1H3. The van der Waals surface area contributed by atoms with Gasteiger partial charge in [0.2, 0.25) is 0 Å². The van der Waals surface area contributed by atoms with Gasteiger partial charge < -0.3 is 9.13 Å². The van der Waals surface area contributed by atoms with E-state index in [1.54, 1.807) is 6.20 Å². The second kappa shape index (κ2) is 5.58. The fourth-order valence-electron chi connectivity index (χ4n) is 2.29. The number of benzene rings is 1. The van der Waals surface area contributed by atoms with Gasteiger partial charge in [0.1, 0.15) is 5.82 Å². The van der Waals surface area contributed by atoms with Crippen molar-refractivity contribution < 1.29 is 0 Å². The van der Waals surface area contributed by atoms with Crippen molar-refractivity contribution in [3.8, 4) is 0 Å². The Balaban J connectivity index is 2.00. The summed E-state index contributed by atoms with van der Waals surface area (Å²) >= 11 is 9.75. The molecule has 0 aliphatic rings. The normalized spacial score (nSPS) is 12.9. The van der Waals surface area contributed by atoms with Crippen LogP contribution in [0.2, 0.25) is 0 Å². The van der Waals surface area contributed by atoms with Crippen LogP contribution < -0.4 is 0 Å². The highest BCUT2D eigenvalue weighted by molar-refractivity contribution is 9.10. The molecule has 1 unspecified atom stereocenters. The summed E-state index contributed by atoms with van der Waals surface area (Å²) in [6.45, 7) is 3.62. The van der Waals surface area contributed by atoms with Gasteiger partial charge in [-0.05, 0) is 25.1 Å². The maximum atomic E-state index is 6.27. The van der Waals surface area contributed by atoms with Gasteiger partial charge >= 0.3 is 0 Å². The molecule has 0 amide bonds. The van der Waals surface area contributed by atoms with E-state index in [9.17, 15) is 0 Å². The van der Waals surface area contributed by atoms with Gasteiger partial charge in [-0.15, -0.1) is 11.6 Å². The van der Waals surface area contributed by atoms with E-state index in [-0.39, 0.29) is 5.38 Å². The van der Waals surface area contributed by atoms with Crippen LogP contribution in [-0.4, -0.2) is 19.1 Å². The van der Waals surface area contributed by atoms with Gasteiger partial charge in [-0.25, -0.2) is 9.97 Å². The second-order valence-corrected chi connectivity index (χ2v) is 6.24. The van der Waals surface area contributed by atoms with Gasteiger partial charge in [0, 0.05) is 30.0 Å². The first-order chi connectivity index (χ1) is 9.65. The Hall–Kier alpha value is -1.33. The SMILES string of the molecule is CC(Cl)c1nc2cc(Br)ccc2n1CCn1ccnc1. The lowest BCUT2D eigenvalue weighted by molar-refractivity contribution is 0.569. The van der Waals surface area contributed by atoms with Crippen molar-refractivity contribution in [2.75, 3.05) is 0 Å². The lowest BCUT2D eigenvalue weighted by atomic mass is 10.3. The molecule has 20 heavy (non-hydrogen) atoms. The quantitative estimate of drug-likeness (QED) is 0.665. The molecule has 0 aliphatic carbocycles. The Morgan fingerprint density at radius 2 is 2.20 bits per heavy atom. The third-order valence-corrected chi connectivity index (χ3v) is 3.93. The van der Waals surface area contributed by atoms with E-state index >= 15 is 0 Å². The molecule has 0 spiro atoms. The van der Waals surface area contributed by atoms with Crippen LogP contribution in [-0.2, 0) is 13.1 Å².